The highest BCUT2D eigenvalue weighted by atomic mass is 35.5. The standard InChI is InChI=1S/C28H28ClN7O3.C15H15BClNO4/c1-3-23(37)35-12-4-5-20(15-35)36-27-24(26(30)32-16-33-27)25(34-36)18-8-6-17(7-9-18)14-31-28(38)21-11-10-19(29)13-22(21)39-2;1-22-14-8-12(17)6-7-13(14)15(19)18-9-10-2-4-11(5-3-10)16(20)21/h3,6-11,13,16,20H,1,4-5,12,14-15H2,2H3,(H,31,38)(H2,30,32,33);2-8,20-21H,9H2,1H3,(H,18,19)/t20-;/m1./s1. The summed E-state index contributed by atoms with van der Waals surface area (Å²) in [6.07, 6.45) is 4.48. The topological polar surface area (TPSA) is 207 Å². The molecule has 2 aromatic heterocycles. The Morgan fingerprint density at radius 1 is 0.869 bits per heavy atom. The van der Waals surface area contributed by atoms with E-state index < -0.39 is 7.12 Å². The molecular formula is C43H43BCl2N8O7. The van der Waals surface area contributed by atoms with Gasteiger partial charge in [0.1, 0.15) is 29.3 Å². The van der Waals surface area contributed by atoms with Crippen LogP contribution in [0.2, 0.25) is 10.0 Å². The van der Waals surface area contributed by atoms with Gasteiger partial charge >= 0.3 is 7.12 Å². The summed E-state index contributed by atoms with van der Waals surface area (Å²) in [4.78, 5) is 47.6. The lowest BCUT2D eigenvalue weighted by Crippen LogP contribution is -2.40. The zero-order valence-electron chi connectivity index (χ0n) is 33.3. The summed E-state index contributed by atoms with van der Waals surface area (Å²) in [5.41, 5.74) is 11.4. The number of carbonyl (C=O) groups is 3. The first kappa shape index (κ1) is 44.1. The van der Waals surface area contributed by atoms with E-state index in [4.69, 9.17) is 53.6 Å². The number of aromatic nitrogens is 4. The van der Waals surface area contributed by atoms with Gasteiger partial charge in [-0.2, -0.15) is 5.10 Å². The Hall–Kier alpha value is -6.46. The van der Waals surface area contributed by atoms with Crippen LogP contribution in [0.1, 0.15) is 50.7 Å². The molecular weight excluding hydrogens is 822 g/mol. The number of fused-ring (bicyclic) bond motifs is 1. The Bertz CT molecular complexity index is 2540. The number of halogens is 2. The third-order valence-electron chi connectivity index (χ3n) is 9.97. The monoisotopic (exact) mass is 864 g/mol. The van der Waals surface area contributed by atoms with Gasteiger partial charge in [0, 0.05) is 41.8 Å². The Morgan fingerprint density at radius 3 is 1.95 bits per heavy atom. The summed E-state index contributed by atoms with van der Waals surface area (Å²) in [5.74, 6) is 0.516. The van der Waals surface area contributed by atoms with Crippen LogP contribution >= 0.6 is 23.2 Å². The number of rotatable bonds is 12. The number of amides is 3. The van der Waals surface area contributed by atoms with E-state index in [9.17, 15) is 14.4 Å². The number of likely N-dealkylation sites (tertiary alicyclic amines) is 1. The molecule has 7 rings (SSSR count). The number of benzene rings is 4. The lowest BCUT2D eigenvalue weighted by Gasteiger charge is -2.32. The molecule has 3 amide bonds. The summed E-state index contributed by atoms with van der Waals surface area (Å²) in [6.45, 7) is 5.45. The van der Waals surface area contributed by atoms with Crippen LogP contribution in [0, 0.1) is 0 Å². The van der Waals surface area contributed by atoms with E-state index in [2.05, 4.69) is 27.2 Å². The van der Waals surface area contributed by atoms with Crippen LogP contribution in [-0.2, 0) is 17.9 Å². The van der Waals surface area contributed by atoms with E-state index >= 15 is 0 Å². The second kappa shape index (κ2) is 20.2. The van der Waals surface area contributed by atoms with Crippen LogP contribution in [0.25, 0.3) is 22.3 Å². The smallest absolute Gasteiger partial charge is 0.488 e. The van der Waals surface area contributed by atoms with E-state index in [1.54, 1.807) is 65.6 Å². The van der Waals surface area contributed by atoms with Gasteiger partial charge in [-0.1, -0.05) is 78.3 Å². The van der Waals surface area contributed by atoms with Crippen LogP contribution in [0.15, 0.2) is 104 Å². The highest BCUT2D eigenvalue weighted by Gasteiger charge is 2.28. The van der Waals surface area contributed by atoms with Gasteiger partial charge in [0.05, 0.1) is 36.8 Å². The van der Waals surface area contributed by atoms with Crippen molar-refractivity contribution in [2.24, 2.45) is 0 Å². The molecule has 0 spiro atoms. The fraction of sp³-hybridized carbons (Fsp3) is 0.209. The van der Waals surface area contributed by atoms with E-state index in [-0.39, 0.29) is 23.8 Å². The molecule has 61 heavy (non-hydrogen) atoms. The van der Waals surface area contributed by atoms with Crippen molar-refractivity contribution in [2.75, 3.05) is 33.0 Å². The number of methoxy groups -OCH3 is 2. The first-order chi connectivity index (χ1) is 29.4. The SMILES string of the molecule is C=CC(=O)N1CCC[C@@H](n2nc(-c3ccc(CNC(=O)c4ccc(Cl)cc4OC)cc3)c3c(N)ncnc32)C1.COc1cc(Cl)ccc1C(=O)NCc1ccc(B(O)O)cc1. The van der Waals surface area contributed by atoms with Crippen molar-refractivity contribution in [2.45, 2.75) is 32.0 Å². The zero-order chi connectivity index (χ0) is 43.6. The molecule has 0 bridgehead atoms. The molecule has 1 aliphatic heterocycles. The molecule has 4 aromatic carbocycles. The van der Waals surface area contributed by atoms with Gasteiger partial charge in [0.25, 0.3) is 11.8 Å². The number of nitrogens with zero attached hydrogens (tertiary/aromatic N) is 5. The summed E-state index contributed by atoms with van der Waals surface area (Å²) in [7, 11) is 1.47. The minimum atomic E-state index is -1.50. The molecule has 0 saturated carbocycles. The van der Waals surface area contributed by atoms with Crippen molar-refractivity contribution < 1.29 is 33.9 Å². The third-order valence-corrected chi connectivity index (χ3v) is 10.4. The predicted octanol–water partition coefficient (Wildman–Crippen LogP) is 4.98. The molecule has 0 radical (unpaired) electrons. The molecule has 1 saturated heterocycles. The minimum absolute atomic E-state index is 0.0486. The van der Waals surface area contributed by atoms with Crippen LogP contribution in [-0.4, -0.2) is 86.8 Å². The van der Waals surface area contributed by atoms with Gasteiger partial charge in [0.15, 0.2) is 5.65 Å². The number of anilines is 1. The summed E-state index contributed by atoms with van der Waals surface area (Å²) < 4.78 is 12.3. The highest BCUT2D eigenvalue weighted by molar-refractivity contribution is 6.58. The number of ether oxygens (including phenoxy) is 2. The quantitative estimate of drug-likeness (QED) is 0.0820. The second-order valence-electron chi connectivity index (χ2n) is 13.9. The first-order valence-electron chi connectivity index (χ1n) is 19.1. The average molecular weight is 866 g/mol. The van der Waals surface area contributed by atoms with Crippen molar-refractivity contribution in [3.05, 3.63) is 136 Å². The minimum Gasteiger partial charge on any atom is -0.496 e. The van der Waals surface area contributed by atoms with E-state index in [1.165, 1.54) is 26.6 Å². The molecule has 1 atom stereocenters. The number of hydrogen-bond donors (Lipinski definition) is 5. The molecule has 3 heterocycles. The predicted molar refractivity (Wildman–Crippen MR) is 235 cm³/mol. The van der Waals surface area contributed by atoms with Gasteiger partial charge in [-0.05, 0) is 71.9 Å². The van der Waals surface area contributed by atoms with Crippen molar-refractivity contribution >= 4 is 70.4 Å². The van der Waals surface area contributed by atoms with Gasteiger partial charge in [-0.25, -0.2) is 14.6 Å². The molecule has 1 fully saturated rings. The van der Waals surface area contributed by atoms with E-state index in [1.807, 2.05) is 28.9 Å². The lowest BCUT2D eigenvalue weighted by molar-refractivity contribution is -0.127. The number of nitrogens with one attached hydrogen (secondary N) is 2. The van der Waals surface area contributed by atoms with E-state index in [0.717, 1.165) is 29.5 Å². The Balaban J connectivity index is 0.000000240. The molecule has 6 aromatic rings. The van der Waals surface area contributed by atoms with Gasteiger partial charge in [-0.3, -0.25) is 14.4 Å². The number of nitrogen functional groups attached to an aromatic ring is 1. The van der Waals surface area contributed by atoms with Crippen LogP contribution < -0.4 is 31.3 Å². The molecule has 6 N–H and O–H groups in total. The zero-order valence-corrected chi connectivity index (χ0v) is 34.9. The Kier molecular flexibility index (Phi) is 14.6. The second-order valence-corrected chi connectivity index (χ2v) is 14.8. The molecule has 1 aliphatic rings. The highest BCUT2D eigenvalue weighted by Crippen LogP contribution is 2.34. The fourth-order valence-corrected chi connectivity index (χ4v) is 7.11. The summed E-state index contributed by atoms with van der Waals surface area (Å²) in [5, 5.41) is 30.3. The first-order valence-corrected chi connectivity index (χ1v) is 19.8. The maximum atomic E-state index is 12.7. The van der Waals surface area contributed by atoms with Crippen molar-refractivity contribution in [1.29, 1.82) is 0 Å². The molecule has 15 nitrogen and oxygen atoms in total. The van der Waals surface area contributed by atoms with Crippen molar-refractivity contribution in [1.82, 2.24) is 35.3 Å². The summed E-state index contributed by atoms with van der Waals surface area (Å²) >= 11 is 11.9. The molecule has 0 aliphatic carbocycles. The normalized spacial score (nSPS) is 13.4. The van der Waals surface area contributed by atoms with Crippen LogP contribution in [0.3, 0.4) is 0 Å². The number of nitrogens with two attached hydrogens (primary N) is 1. The third kappa shape index (κ3) is 10.7. The van der Waals surface area contributed by atoms with Crippen LogP contribution in [0.4, 0.5) is 5.82 Å². The number of hydrogen-bond acceptors (Lipinski definition) is 11. The Morgan fingerprint density at radius 2 is 1.43 bits per heavy atom. The Labute approximate surface area is 362 Å². The van der Waals surface area contributed by atoms with Gasteiger partial charge in [-0.15, -0.1) is 0 Å². The number of carbonyl (C=O) groups excluding carboxylic acids is 3. The van der Waals surface area contributed by atoms with Crippen molar-refractivity contribution in [3.8, 4) is 22.8 Å². The maximum Gasteiger partial charge on any atom is 0.488 e. The lowest BCUT2D eigenvalue weighted by atomic mass is 9.80. The number of piperidine rings is 1. The van der Waals surface area contributed by atoms with Crippen LogP contribution in [0.5, 0.6) is 11.5 Å². The maximum absolute atomic E-state index is 12.7. The molecule has 314 valence electrons. The fourth-order valence-electron chi connectivity index (χ4n) is 6.78. The van der Waals surface area contributed by atoms with Gasteiger partial charge < -0.3 is 40.8 Å². The average Bonchev–Trinajstić information content (AvgIpc) is 3.68. The molecule has 18 heteroatoms. The van der Waals surface area contributed by atoms with Gasteiger partial charge in [0.2, 0.25) is 5.91 Å². The van der Waals surface area contributed by atoms with Crippen molar-refractivity contribution in [3.63, 3.8) is 0 Å². The largest absolute Gasteiger partial charge is 0.496 e. The molecule has 0 unspecified atom stereocenters. The van der Waals surface area contributed by atoms with E-state index in [0.29, 0.717) is 86.9 Å². The summed E-state index contributed by atoms with van der Waals surface area (Å²) in [6, 6.07) is 23.9.